The molecule has 2 aliphatic heterocycles. The van der Waals surface area contributed by atoms with Crippen molar-refractivity contribution < 1.29 is 20.3 Å². The highest BCUT2D eigenvalue weighted by Crippen LogP contribution is 2.38. The van der Waals surface area contributed by atoms with Gasteiger partial charge in [0.15, 0.2) is 0 Å². The monoisotopic (exact) mass is 563 g/mol. The van der Waals surface area contributed by atoms with Crippen LogP contribution in [0.4, 0.5) is 0 Å². The van der Waals surface area contributed by atoms with Gasteiger partial charge >= 0.3 is 0 Å². The minimum atomic E-state index is -0.543. The zero-order chi connectivity index (χ0) is 26.9. The maximum atomic E-state index is 11.4. The van der Waals surface area contributed by atoms with E-state index in [1.165, 1.54) is 61.5 Å². The summed E-state index contributed by atoms with van der Waals surface area (Å²) in [6.45, 7) is 16.9. The largest absolute Gasteiger partial charge is 0.852 e. The Bertz CT molecular complexity index is 562. The highest BCUT2D eigenvalue weighted by atomic mass is 79.9. The molecule has 2 heterocycles. The predicted octanol–water partition coefficient (Wildman–Crippen LogP) is 6.69. The minimum Gasteiger partial charge on any atom is -0.852 e. The van der Waals surface area contributed by atoms with Crippen LogP contribution in [0, 0.1) is 0 Å². The third-order valence-corrected chi connectivity index (χ3v) is 8.14. The highest BCUT2D eigenvalue weighted by Gasteiger charge is 2.45. The first-order valence-corrected chi connectivity index (χ1v) is 15.0. The molecule has 2 fully saturated rings. The standard InChI is InChI=1S/C19H38BrNO2.C9H18NO2/c1-18(2)15-17(16-19(3,4)21(18)22)23-14-12-10-8-6-5-7-9-11-13-20;1-8(2)5-7(11)6-9(3,4)10(8)12/h17,22H,5-16H2,1-4H3;7,12H,5-6H2,1-4H3/q;-1. The van der Waals surface area contributed by atoms with Crippen LogP contribution in [0.1, 0.15) is 132 Å². The fourth-order valence-corrected chi connectivity index (χ4v) is 6.38. The van der Waals surface area contributed by atoms with Gasteiger partial charge < -0.3 is 20.3 Å². The van der Waals surface area contributed by atoms with Crippen LogP contribution in [0.2, 0.25) is 0 Å². The Kier molecular flexibility index (Phi) is 13.7. The van der Waals surface area contributed by atoms with Gasteiger partial charge in [-0.2, -0.15) is 10.1 Å². The minimum absolute atomic E-state index is 0.207. The van der Waals surface area contributed by atoms with Gasteiger partial charge in [0.05, 0.1) is 6.10 Å². The number of unbranched alkanes of at least 4 members (excludes halogenated alkanes) is 7. The van der Waals surface area contributed by atoms with Gasteiger partial charge in [-0.15, -0.1) is 6.10 Å². The summed E-state index contributed by atoms with van der Waals surface area (Å²) < 4.78 is 6.12. The summed E-state index contributed by atoms with van der Waals surface area (Å²) in [6, 6.07) is 0. The average Bonchev–Trinajstić information content (AvgIpc) is 2.71. The molecular formula is C28H56BrN2O4-. The summed E-state index contributed by atoms with van der Waals surface area (Å²) >= 11 is 3.48. The van der Waals surface area contributed by atoms with E-state index in [-0.39, 0.29) is 28.3 Å². The molecule has 7 heteroatoms. The molecule has 2 saturated heterocycles. The molecule has 0 bridgehead atoms. The number of piperidine rings is 2. The van der Waals surface area contributed by atoms with E-state index in [2.05, 4.69) is 43.6 Å². The van der Waals surface area contributed by atoms with Crippen LogP contribution in [0.3, 0.4) is 0 Å². The Balaban J connectivity index is 0.000000427. The van der Waals surface area contributed by atoms with Gasteiger partial charge in [-0.25, -0.2) is 0 Å². The van der Waals surface area contributed by atoms with Crippen molar-refractivity contribution in [3.63, 3.8) is 0 Å². The number of ether oxygens (including phenoxy) is 1. The second-order valence-corrected chi connectivity index (χ2v) is 14.1. The van der Waals surface area contributed by atoms with Gasteiger partial charge in [-0.05, 0) is 93.9 Å². The summed E-state index contributed by atoms with van der Waals surface area (Å²) in [6.07, 6.45) is 13.2. The molecule has 35 heavy (non-hydrogen) atoms. The molecule has 0 saturated carbocycles. The van der Waals surface area contributed by atoms with Crippen LogP contribution in [-0.4, -0.2) is 66.8 Å². The van der Waals surface area contributed by atoms with Crippen molar-refractivity contribution in [1.82, 2.24) is 10.1 Å². The molecule has 0 radical (unpaired) electrons. The van der Waals surface area contributed by atoms with Crippen LogP contribution >= 0.6 is 15.9 Å². The fourth-order valence-electron chi connectivity index (χ4n) is 5.98. The molecule has 0 aromatic rings. The maximum Gasteiger partial charge on any atom is 0.0611 e. The second kappa shape index (κ2) is 14.4. The summed E-state index contributed by atoms with van der Waals surface area (Å²) in [5, 5.41) is 35.5. The molecule has 2 N–H and O–H groups in total. The van der Waals surface area contributed by atoms with E-state index in [1.807, 2.05) is 27.7 Å². The third-order valence-electron chi connectivity index (χ3n) is 7.58. The fraction of sp³-hybridized carbons (Fsp3) is 1.00. The summed E-state index contributed by atoms with van der Waals surface area (Å²) in [5.74, 6) is 0. The Labute approximate surface area is 224 Å². The Hall–Kier alpha value is 0.240. The van der Waals surface area contributed by atoms with E-state index in [0.29, 0.717) is 12.8 Å². The van der Waals surface area contributed by atoms with Crippen LogP contribution in [0.5, 0.6) is 0 Å². The molecule has 0 unspecified atom stereocenters. The van der Waals surface area contributed by atoms with Gasteiger partial charge in [-0.1, -0.05) is 54.5 Å². The SMILES string of the molecule is CC1(C)CC(OCCCCCCCCCCBr)CC(C)(C)N1O.CC1(C)CC([O-])CC(C)(C)N1O. The van der Waals surface area contributed by atoms with Gasteiger partial charge in [0.25, 0.3) is 0 Å². The molecule has 210 valence electrons. The number of halogens is 1. The zero-order valence-corrected chi connectivity index (χ0v) is 25.6. The summed E-state index contributed by atoms with van der Waals surface area (Å²) in [7, 11) is 0. The van der Waals surface area contributed by atoms with Crippen molar-refractivity contribution in [2.45, 2.75) is 167 Å². The van der Waals surface area contributed by atoms with Crippen LogP contribution < -0.4 is 5.11 Å². The lowest BCUT2D eigenvalue weighted by molar-refractivity contribution is -0.448. The third kappa shape index (κ3) is 11.3. The first-order chi connectivity index (χ1) is 16.0. The highest BCUT2D eigenvalue weighted by molar-refractivity contribution is 9.09. The molecule has 6 nitrogen and oxygen atoms in total. The molecule has 0 aromatic heterocycles. The van der Waals surface area contributed by atoms with Crippen molar-refractivity contribution in [2.75, 3.05) is 11.9 Å². The Morgan fingerprint density at radius 2 is 1.00 bits per heavy atom. The Morgan fingerprint density at radius 1 is 0.657 bits per heavy atom. The molecule has 2 rings (SSSR count). The van der Waals surface area contributed by atoms with E-state index in [4.69, 9.17) is 4.74 Å². The van der Waals surface area contributed by atoms with E-state index < -0.39 is 6.10 Å². The number of hydrogen-bond acceptors (Lipinski definition) is 6. The van der Waals surface area contributed by atoms with Crippen LogP contribution in [0.25, 0.3) is 0 Å². The zero-order valence-electron chi connectivity index (χ0n) is 24.0. The molecule has 0 aromatic carbocycles. The molecule has 0 spiro atoms. The van der Waals surface area contributed by atoms with Crippen LogP contribution in [-0.2, 0) is 4.74 Å². The predicted molar refractivity (Wildman–Crippen MR) is 146 cm³/mol. The van der Waals surface area contributed by atoms with Gasteiger partial charge in [-0.3, -0.25) is 0 Å². The smallest absolute Gasteiger partial charge is 0.0611 e. The molecule has 0 aliphatic carbocycles. The first-order valence-electron chi connectivity index (χ1n) is 13.9. The van der Waals surface area contributed by atoms with Crippen molar-refractivity contribution in [3.05, 3.63) is 0 Å². The average molecular weight is 565 g/mol. The molecule has 0 atom stereocenters. The van der Waals surface area contributed by atoms with E-state index in [9.17, 15) is 15.5 Å². The van der Waals surface area contributed by atoms with Crippen LogP contribution in [0.15, 0.2) is 0 Å². The summed E-state index contributed by atoms with van der Waals surface area (Å²) in [4.78, 5) is 0. The number of rotatable bonds is 11. The van der Waals surface area contributed by atoms with E-state index in [0.717, 1.165) is 24.8 Å². The quantitative estimate of drug-likeness (QED) is 0.215. The molecular weight excluding hydrogens is 508 g/mol. The van der Waals surface area contributed by atoms with E-state index in [1.54, 1.807) is 0 Å². The molecule has 0 amide bonds. The van der Waals surface area contributed by atoms with Gasteiger partial charge in [0.1, 0.15) is 0 Å². The summed E-state index contributed by atoms with van der Waals surface area (Å²) in [5.41, 5.74) is -1.18. The lowest BCUT2D eigenvalue weighted by Gasteiger charge is -2.53. The molecule has 2 aliphatic rings. The topological polar surface area (TPSA) is 79.2 Å². The number of nitrogens with zero attached hydrogens (tertiary/aromatic N) is 2. The van der Waals surface area contributed by atoms with Gasteiger partial charge in [0.2, 0.25) is 0 Å². The number of alkyl halides is 1. The lowest BCUT2D eigenvalue weighted by Crippen LogP contribution is -2.62. The van der Waals surface area contributed by atoms with Gasteiger partial charge in [0, 0.05) is 34.1 Å². The van der Waals surface area contributed by atoms with Crippen molar-refractivity contribution in [2.24, 2.45) is 0 Å². The lowest BCUT2D eigenvalue weighted by atomic mass is 9.80. The number of hydroxylamine groups is 4. The maximum absolute atomic E-state index is 11.4. The first kappa shape index (κ1) is 33.3. The van der Waals surface area contributed by atoms with Crippen molar-refractivity contribution in [1.29, 1.82) is 0 Å². The Morgan fingerprint density at radius 3 is 1.40 bits per heavy atom. The van der Waals surface area contributed by atoms with Crippen molar-refractivity contribution >= 4 is 15.9 Å². The van der Waals surface area contributed by atoms with E-state index >= 15 is 0 Å². The second-order valence-electron chi connectivity index (χ2n) is 13.3. The van der Waals surface area contributed by atoms with Crippen molar-refractivity contribution in [3.8, 4) is 0 Å². The number of hydrogen-bond donors (Lipinski definition) is 2. The normalized spacial score (nSPS) is 24.7.